The van der Waals surface area contributed by atoms with Gasteiger partial charge in [-0.3, -0.25) is 4.90 Å². The zero-order chi connectivity index (χ0) is 13.2. The van der Waals surface area contributed by atoms with Crippen molar-refractivity contribution in [2.24, 2.45) is 0 Å². The highest BCUT2D eigenvalue weighted by Crippen LogP contribution is 2.23. The Kier molecular flexibility index (Phi) is 3.63. The largest absolute Gasteiger partial charge is 0.479 e. The summed E-state index contributed by atoms with van der Waals surface area (Å²) >= 11 is 0. The summed E-state index contributed by atoms with van der Waals surface area (Å²) in [4.78, 5) is 12.9. The summed E-state index contributed by atoms with van der Waals surface area (Å²) in [5, 5.41) is 18.7. The third kappa shape index (κ3) is 2.86. The molecule has 0 amide bonds. The number of benzene rings is 1. The summed E-state index contributed by atoms with van der Waals surface area (Å²) in [6, 6.07) is 6.25. The summed E-state index contributed by atoms with van der Waals surface area (Å²) in [6.45, 7) is 1.70. The van der Waals surface area contributed by atoms with Gasteiger partial charge in [0.25, 0.3) is 0 Å². The summed E-state index contributed by atoms with van der Waals surface area (Å²) in [6.07, 6.45) is 0.451. The molecule has 4 nitrogen and oxygen atoms in total. The number of hydrogen-bond acceptors (Lipinski definition) is 3. The first-order valence-corrected chi connectivity index (χ1v) is 5.92. The number of aliphatic carboxylic acids is 1. The third-order valence-electron chi connectivity index (χ3n) is 3.40. The lowest BCUT2D eigenvalue weighted by Crippen LogP contribution is -2.49. The first kappa shape index (κ1) is 13.0. The van der Waals surface area contributed by atoms with Crippen LogP contribution >= 0.6 is 0 Å². The number of halogens is 1. The van der Waals surface area contributed by atoms with E-state index in [-0.39, 0.29) is 18.7 Å². The molecule has 1 aliphatic heterocycles. The molecule has 5 heteroatoms. The van der Waals surface area contributed by atoms with Gasteiger partial charge in [-0.25, -0.2) is 9.18 Å². The van der Waals surface area contributed by atoms with E-state index >= 15 is 0 Å². The Morgan fingerprint density at radius 1 is 1.28 bits per heavy atom. The molecule has 2 rings (SSSR count). The number of nitrogens with zero attached hydrogens (tertiary/aromatic N) is 1. The molecule has 0 radical (unpaired) electrons. The molecule has 1 aromatic carbocycles. The van der Waals surface area contributed by atoms with Crippen LogP contribution in [0.3, 0.4) is 0 Å². The highest BCUT2D eigenvalue weighted by atomic mass is 19.1. The van der Waals surface area contributed by atoms with Crippen LogP contribution in [-0.4, -0.2) is 39.8 Å². The maximum atomic E-state index is 12.7. The van der Waals surface area contributed by atoms with Crippen molar-refractivity contribution in [2.45, 2.75) is 25.0 Å². The Morgan fingerprint density at radius 2 is 1.83 bits per heavy atom. The van der Waals surface area contributed by atoms with E-state index in [9.17, 15) is 14.3 Å². The number of carboxylic acid groups (broad SMARTS) is 1. The number of carboxylic acids is 1. The lowest BCUT2D eigenvalue weighted by atomic mass is 9.91. The van der Waals surface area contributed by atoms with E-state index in [4.69, 9.17) is 5.11 Å². The lowest BCUT2D eigenvalue weighted by molar-refractivity contribution is -0.163. The highest BCUT2D eigenvalue weighted by molar-refractivity contribution is 5.77. The smallest absolute Gasteiger partial charge is 0.335 e. The molecule has 1 aliphatic rings. The van der Waals surface area contributed by atoms with Gasteiger partial charge in [-0.05, 0) is 30.5 Å². The topological polar surface area (TPSA) is 60.8 Å². The molecule has 0 unspecified atom stereocenters. The standard InChI is InChI=1S/C13H16FNO3/c14-11-3-1-10(2-4-11)9-15-7-5-13(18,6-8-15)12(16)17/h1-4,18H,5-9H2,(H,16,17). The highest BCUT2D eigenvalue weighted by Gasteiger charge is 2.39. The van der Waals surface area contributed by atoms with Crippen molar-refractivity contribution < 1.29 is 19.4 Å². The van der Waals surface area contributed by atoms with E-state index in [2.05, 4.69) is 4.90 Å². The Labute approximate surface area is 105 Å². The molecular formula is C13H16FNO3. The van der Waals surface area contributed by atoms with Crippen LogP contribution in [0.15, 0.2) is 24.3 Å². The van der Waals surface area contributed by atoms with Crippen molar-refractivity contribution in [3.8, 4) is 0 Å². The monoisotopic (exact) mass is 253 g/mol. The minimum atomic E-state index is -1.58. The van der Waals surface area contributed by atoms with E-state index in [1.807, 2.05) is 0 Å². The molecule has 1 aromatic rings. The van der Waals surface area contributed by atoms with Gasteiger partial charge in [-0.15, -0.1) is 0 Å². The minimum Gasteiger partial charge on any atom is -0.479 e. The Morgan fingerprint density at radius 3 is 2.33 bits per heavy atom. The summed E-state index contributed by atoms with van der Waals surface area (Å²) < 4.78 is 12.7. The van der Waals surface area contributed by atoms with Gasteiger partial charge in [-0.1, -0.05) is 12.1 Å². The predicted octanol–water partition coefficient (Wildman–Crippen LogP) is 1.24. The second kappa shape index (κ2) is 5.04. The molecule has 2 N–H and O–H groups in total. The predicted molar refractivity (Wildman–Crippen MR) is 63.5 cm³/mol. The first-order valence-electron chi connectivity index (χ1n) is 5.92. The fourth-order valence-corrected chi connectivity index (χ4v) is 2.14. The molecular weight excluding hydrogens is 237 g/mol. The Bertz CT molecular complexity index is 424. The molecule has 0 saturated carbocycles. The van der Waals surface area contributed by atoms with Gasteiger partial charge in [0.05, 0.1) is 0 Å². The average Bonchev–Trinajstić information content (AvgIpc) is 2.35. The van der Waals surface area contributed by atoms with Crippen molar-refractivity contribution in [2.75, 3.05) is 13.1 Å². The molecule has 0 spiro atoms. The fourth-order valence-electron chi connectivity index (χ4n) is 2.14. The summed E-state index contributed by atoms with van der Waals surface area (Å²) in [5.41, 5.74) is -0.601. The van der Waals surface area contributed by atoms with Crippen LogP contribution in [-0.2, 0) is 11.3 Å². The molecule has 1 fully saturated rings. The van der Waals surface area contributed by atoms with Crippen LogP contribution in [0.1, 0.15) is 18.4 Å². The number of hydrogen-bond donors (Lipinski definition) is 2. The molecule has 0 aromatic heterocycles. The van der Waals surface area contributed by atoms with Crippen LogP contribution in [0.25, 0.3) is 0 Å². The molecule has 0 bridgehead atoms. The van der Waals surface area contributed by atoms with Crippen molar-refractivity contribution >= 4 is 5.97 Å². The van der Waals surface area contributed by atoms with Crippen molar-refractivity contribution in [1.82, 2.24) is 4.90 Å². The molecule has 18 heavy (non-hydrogen) atoms. The van der Waals surface area contributed by atoms with E-state index in [0.29, 0.717) is 19.6 Å². The van der Waals surface area contributed by atoms with Crippen LogP contribution in [0.4, 0.5) is 4.39 Å². The maximum absolute atomic E-state index is 12.7. The van der Waals surface area contributed by atoms with Crippen LogP contribution < -0.4 is 0 Å². The average molecular weight is 253 g/mol. The van der Waals surface area contributed by atoms with Crippen LogP contribution in [0, 0.1) is 5.82 Å². The second-order valence-corrected chi connectivity index (χ2v) is 4.74. The van der Waals surface area contributed by atoms with E-state index in [0.717, 1.165) is 5.56 Å². The number of rotatable bonds is 3. The van der Waals surface area contributed by atoms with Gasteiger partial charge < -0.3 is 10.2 Å². The Hall–Kier alpha value is -1.46. The number of aliphatic hydroxyl groups is 1. The van der Waals surface area contributed by atoms with Crippen molar-refractivity contribution in [3.63, 3.8) is 0 Å². The first-order chi connectivity index (χ1) is 8.49. The van der Waals surface area contributed by atoms with Gasteiger partial charge in [0.2, 0.25) is 0 Å². The number of likely N-dealkylation sites (tertiary alicyclic amines) is 1. The molecule has 1 heterocycles. The van der Waals surface area contributed by atoms with Gasteiger partial charge >= 0.3 is 5.97 Å². The normalized spacial score (nSPS) is 19.7. The van der Waals surface area contributed by atoms with Gasteiger partial charge in [0.1, 0.15) is 5.82 Å². The van der Waals surface area contributed by atoms with Gasteiger partial charge in [0.15, 0.2) is 5.60 Å². The summed E-state index contributed by atoms with van der Waals surface area (Å²) in [5.74, 6) is -1.42. The molecule has 1 saturated heterocycles. The summed E-state index contributed by atoms with van der Waals surface area (Å²) in [7, 11) is 0. The number of carbonyl (C=O) groups is 1. The van der Waals surface area contributed by atoms with Gasteiger partial charge in [-0.2, -0.15) is 0 Å². The van der Waals surface area contributed by atoms with Crippen molar-refractivity contribution in [3.05, 3.63) is 35.6 Å². The third-order valence-corrected chi connectivity index (χ3v) is 3.40. The van der Waals surface area contributed by atoms with E-state index < -0.39 is 11.6 Å². The van der Waals surface area contributed by atoms with Gasteiger partial charge in [0, 0.05) is 19.6 Å². The second-order valence-electron chi connectivity index (χ2n) is 4.74. The Balaban J connectivity index is 1.91. The number of piperidine rings is 1. The van der Waals surface area contributed by atoms with E-state index in [1.54, 1.807) is 12.1 Å². The molecule has 0 atom stereocenters. The quantitative estimate of drug-likeness (QED) is 0.850. The van der Waals surface area contributed by atoms with Crippen molar-refractivity contribution in [1.29, 1.82) is 0 Å². The van der Waals surface area contributed by atoms with Crippen LogP contribution in [0.2, 0.25) is 0 Å². The molecule has 98 valence electrons. The van der Waals surface area contributed by atoms with E-state index in [1.165, 1.54) is 12.1 Å². The fraction of sp³-hybridized carbons (Fsp3) is 0.462. The lowest BCUT2D eigenvalue weighted by Gasteiger charge is -2.35. The maximum Gasteiger partial charge on any atom is 0.335 e. The SMILES string of the molecule is O=C(O)C1(O)CCN(Cc2ccc(F)cc2)CC1. The van der Waals surface area contributed by atoms with Crippen LogP contribution in [0.5, 0.6) is 0 Å². The minimum absolute atomic E-state index is 0.226. The molecule has 0 aliphatic carbocycles. The zero-order valence-electron chi connectivity index (χ0n) is 9.97. The zero-order valence-corrected chi connectivity index (χ0v) is 9.97.